The van der Waals surface area contributed by atoms with E-state index in [4.69, 9.17) is 11.0 Å². The van der Waals surface area contributed by atoms with Gasteiger partial charge in [0.2, 0.25) is 0 Å². The van der Waals surface area contributed by atoms with Crippen molar-refractivity contribution in [1.82, 2.24) is 0 Å². The van der Waals surface area contributed by atoms with Crippen LogP contribution in [0.15, 0.2) is 0 Å². The minimum Gasteiger partial charge on any atom is -0.330 e. The third-order valence-corrected chi connectivity index (χ3v) is 0.895. The number of hydrogen-bond acceptors (Lipinski definition) is 4. The van der Waals surface area contributed by atoms with E-state index in [1.54, 1.807) is 0 Å². The predicted octanol–water partition coefficient (Wildman–Crippen LogP) is 1.06. The highest BCUT2D eigenvalue weighted by molar-refractivity contribution is 5.78. The van der Waals surface area contributed by atoms with Crippen LogP contribution in [-0.2, 0) is 9.68 Å². The second-order valence-corrected chi connectivity index (χ2v) is 1.66. The number of Topliss-reactive ketones (excluding diaryl/α,β-unsaturated/α-hetero) is 1. The minimum absolute atomic E-state index is 0. The van der Waals surface area contributed by atoms with E-state index < -0.39 is 0 Å². The van der Waals surface area contributed by atoms with Gasteiger partial charge in [-0.15, -0.1) is 0 Å². The highest BCUT2D eigenvalue weighted by Crippen LogP contribution is 1.86. The minimum atomic E-state index is 0. The summed E-state index contributed by atoms with van der Waals surface area (Å²) in [5.41, 5.74) is 5.08. The van der Waals surface area contributed by atoms with Crippen LogP contribution < -0.4 is 5.73 Å². The fourth-order valence-corrected chi connectivity index (χ4v) is 0.445. The van der Waals surface area contributed by atoms with Crippen molar-refractivity contribution >= 4 is 5.78 Å². The van der Waals surface area contributed by atoms with Crippen molar-refractivity contribution < 1.29 is 14.9 Å². The smallest absolute Gasteiger partial charge is 0.136 e. The molecule has 0 aromatic heterocycles. The molecule has 11 heavy (non-hydrogen) atoms. The molecule has 0 bridgehead atoms. The van der Waals surface area contributed by atoms with E-state index >= 15 is 0 Å². The Balaban J connectivity index is -0.000000320. The maximum Gasteiger partial charge on any atom is 0.136 e. The van der Waals surface area contributed by atoms with Gasteiger partial charge in [0.05, 0.1) is 6.61 Å². The summed E-state index contributed by atoms with van der Waals surface area (Å²) in [5.74, 6) is 0.0200. The zero-order valence-corrected chi connectivity index (χ0v) is 5.17. The molecule has 3 N–H and O–H groups in total. The average molecular weight is 165 g/mol. The predicted molar refractivity (Wildman–Crippen MR) is 45.3 cm³/mol. The van der Waals surface area contributed by atoms with E-state index in [1.807, 2.05) is 0 Å². The van der Waals surface area contributed by atoms with Gasteiger partial charge in [0.25, 0.3) is 0 Å². The van der Waals surface area contributed by atoms with Crippen molar-refractivity contribution in [3.63, 3.8) is 0 Å². The van der Waals surface area contributed by atoms with Gasteiger partial charge < -0.3 is 5.73 Å². The lowest BCUT2D eigenvalue weighted by Crippen LogP contribution is -2.09. The molecule has 0 fully saturated rings. The Kier molecular flexibility index (Phi) is 18.8. The van der Waals surface area contributed by atoms with E-state index in [2.05, 4.69) is 4.89 Å². The molecular formula is C7H19NO3. The molecule has 0 aromatic rings. The van der Waals surface area contributed by atoms with Gasteiger partial charge in [0, 0.05) is 12.8 Å². The summed E-state index contributed by atoms with van der Waals surface area (Å²) in [5, 5.41) is 7.80. The SMILES string of the molecule is C.C.NCCC(=O)CCOO. The van der Waals surface area contributed by atoms with Crippen molar-refractivity contribution in [2.24, 2.45) is 5.73 Å². The van der Waals surface area contributed by atoms with Gasteiger partial charge >= 0.3 is 0 Å². The first-order valence-corrected chi connectivity index (χ1v) is 2.79. The Labute approximate surface area is 68.3 Å². The van der Waals surface area contributed by atoms with Crippen molar-refractivity contribution in [3.8, 4) is 0 Å². The quantitative estimate of drug-likeness (QED) is 0.472. The molecule has 0 aliphatic heterocycles. The molecule has 0 rings (SSSR count). The summed E-state index contributed by atoms with van der Waals surface area (Å²) in [6.07, 6.45) is 0.608. The molecule has 0 radical (unpaired) electrons. The number of carbonyl (C=O) groups excluding carboxylic acids is 1. The molecule has 4 nitrogen and oxygen atoms in total. The Bertz CT molecular complexity index is 85.8. The van der Waals surface area contributed by atoms with Gasteiger partial charge in [-0.1, -0.05) is 14.9 Å². The number of nitrogens with two attached hydrogens (primary N) is 1. The summed E-state index contributed by atoms with van der Waals surface area (Å²) in [7, 11) is 0. The maximum absolute atomic E-state index is 10.5. The van der Waals surface area contributed by atoms with Crippen LogP contribution in [0.25, 0.3) is 0 Å². The van der Waals surface area contributed by atoms with Crippen molar-refractivity contribution in [3.05, 3.63) is 0 Å². The average Bonchev–Trinajstić information content (AvgIpc) is 1.85. The zero-order chi connectivity index (χ0) is 7.11. The molecular weight excluding hydrogens is 146 g/mol. The van der Waals surface area contributed by atoms with Gasteiger partial charge in [-0.3, -0.25) is 10.1 Å². The van der Waals surface area contributed by atoms with Crippen LogP contribution in [-0.4, -0.2) is 24.2 Å². The van der Waals surface area contributed by atoms with Crippen molar-refractivity contribution in [2.45, 2.75) is 27.7 Å². The fraction of sp³-hybridized carbons (Fsp3) is 0.857. The van der Waals surface area contributed by atoms with Gasteiger partial charge in [0.15, 0.2) is 0 Å². The number of carbonyl (C=O) groups is 1. The van der Waals surface area contributed by atoms with E-state index in [0.29, 0.717) is 13.0 Å². The second-order valence-electron chi connectivity index (χ2n) is 1.66. The fourth-order valence-electron chi connectivity index (χ4n) is 0.445. The van der Waals surface area contributed by atoms with Gasteiger partial charge in [-0.05, 0) is 6.54 Å². The standard InChI is InChI=1S/C5H11NO3.2CH4/c6-3-1-5(7)2-4-9-8;;/h8H,1-4,6H2;2*1H4. The lowest BCUT2D eigenvalue weighted by Gasteiger charge is -1.94. The summed E-state index contributed by atoms with van der Waals surface area (Å²) in [4.78, 5) is 14.2. The Morgan fingerprint density at radius 2 is 1.91 bits per heavy atom. The molecule has 0 amide bonds. The maximum atomic E-state index is 10.5. The van der Waals surface area contributed by atoms with Crippen LogP contribution in [0.5, 0.6) is 0 Å². The first-order valence-electron chi connectivity index (χ1n) is 2.79. The Morgan fingerprint density at radius 1 is 1.36 bits per heavy atom. The normalized spacial score (nSPS) is 7.82. The molecule has 70 valence electrons. The first-order chi connectivity index (χ1) is 4.31. The van der Waals surface area contributed by atoms with Gasteiger partial charge in [-0.25, -0.2) is 4.89 Å². The van der Waals surface area contributed by atoms with Crippen LogP contribution in [0.1, 0.15) is 27.7 Å². The molecule has 0 saturated carbocycles. The Morgan fingerprint density at radius 3 is 2.27 bits per heavy atom. The summed E-state index contributed by atoms with van der Waals surface area (Å²) >= 11 is 0. The largest absolute Gasteiger partial charge is 0.330 e. The number of ketones is 1. The van der Waals surface area contributed by atoms with Gasteiger partial charge in [0.1, 0.15) is 5.78 Å². The van der Waals surface area contributed by atoms with E-state index in [0.717, 1.165) is 0 Å². The topological polar surface area (TPSA) is 72.6 Å². The zero-order valence-electron chi connectivity index (χ0n) is 5.17. The summed E-state index contributed by atoms with van der Waals surface area (Å²) in [6.45, 7) is 0.434. The molecule has 0 unspecified atom stereocenters. The number of hydrogen-bond donors (Lipinski definition) is 2. The molecule has 0 saturated heterocycles. The van der Waals surface area contributed by atoms with Crippen LogP contribution in [0, 0.1) is 0 Å². The van der Waals surface area contributed by atoms with Crippen LogP contribution in [0.4, 0.5) is 0 Å². The van der Waals surface area contributed by atoms with Gasteiger partial charge in [-0.2, -0.15) is 0 Å². The summed E-state index contributed by atoms with van der Waals surface area (Å²) < 4.78 is 0. The van der Waals surface area contributed by atoms with Crippen molar-refractivity contribution in [2.75, 3.05) is 13.2 Å². The molecule has 0 aromatic carbocycles. The van der Waals surface area contributed by atoms with Crippen LogP contribution in [0.2, 0.25) is 0 Å². The van der Waals surface area contributed by atoms with Crippen LogP contribution >= 0.6 is 0 Å². The second kappa shape index (κ2) is 12.2. The van der Waals surface area contributed by atoms with E-state index in [-0.39, 0.29) is 33.7 Å². The summed E-state index contributed by atoms with van der Waals surface area (Å²) in [6, 6.07) is 0. The first kappa shape index (κ1) is 16.9. The molecule has 0 aliphatic rings. The van der Waals surface area contributed by atoms with E-state index in [9.17, 15) is 4.79 Å². The molecule has 0 spiro atoms. The molecule has 0 atom stereocenters. The molecule has 0 heterocycles. The van der Waals surface area contributed by atoms with Crippen LogP contribution in [0.3, 0.4) is 0 Å². The lowest BCUT2D eigenvalue weighted by molar-refractivity contribution is -0.241. The molecule has 4 heteroatoms. The highest BCUT2D eigenvalue weighted by Gasteiger charge is 1.98. The third kappa shape index (κ3) is 12.7. The van der Waals surface area contributed by atoms with Crippen molar-refractivity contribution in [1.29, 1.82) is 0 Å². The highest BCUT2D eigenvalue weighted by atomic mass is 17.1. The number of rotatable bonds is 5. The third-order valence-electron chi connectivity index (χ3n) is 0.895. The lowest BCUT2D eigenvalue weighted by atomic mass is 10.2. The Hall–Kier alpha value is -0.450. The molecule has 0 aliphatic carbocycles. The monoisotopic (exact) mass is 165 g/mol. The van der Waals surface area contributed by atoms with E-state index in [1.165, 1.54) is 0 Å².